The van der Waals surface area contributed by atoms with Gasteiger partial charge in [0.1, 0.15) is 0 Å². The summed E-state index contributed by atoms with van der Waals surface area (Å²) >= 11 is 3.57. The zero-order valence-corrected chi connectivity index (χ0v) is 21.6. The molecule has 0 spiro atoms. The van der Waals surface area contributed by atoms with Crippen LogP contribution in [0.15, 0.2) is 33.3 Å². The Morgan fingerprint density at radius 2 is 1.94 bits per heavy atom. The van der Waals surface area contributed by atoms with Crippen LogP contribution >= 0.6 is 15.9 Å². The molecule has 178 valence electrons. The molecule has 5 rings (SSSR count). The molecular weight excluding hydrogens is 482 g/mol. The first-order chi connectivity index (χ1) is 15.4. The average molecular weight is 516 g/mol. The van der Waals surface area contributed by atoms with E-state index in [1.807, 2.05) is 36.1 Å². The predicted octanol–water partition coefficient (Wildman–Crippen LogP) is 5.53. The maximum atomic E-state index is 13.6. The number of hydrogen-bond acceptors (Lipinski definition) is 5. The third-order valence-corrected chi connectivity index (χ3v) is 8.62. The van der Waals surface area contributed by atoms with Crippen LogP contribution in [0.25, 0.3) is 0 Å². The Morgan fingerprint density at radius 1 is 1.24 bits per heavy atom. The molecule has 3 aliphatic carbocycles. The molecule has 1 heterocycles. The number of halogens is 1. The van der Waals surface area contributed by atoms with Crippen molar-refractivity contribution in [2.75, 3.05) is 11.4 Å². The number of carbonyl (C=O) groups excluding carboxylic acids is 1. The molecule has 33 heavy (non-hydrogen) atoms. The highest BCUT2D eigenvalue weighted by Crippen LogP contribution is 2.62. The van der Waals surface area contributed by atoms with Crippen LogP contribution in [0, 0.1) is 11.3 Å². The number of carbonyl (C=O) groups is 1. The monoisotopic (exact) mass is 515 g/mol. The number of aromatic nitrogens is 2. The lowest BCUT2D eigenvalue weighted by molar-refractivity contribution is -0.136. The van der Waals surface area contributed by atoms with Gasteiger partial charge in [0.2, 0.25) is 11.8 Å². The van der Waals surface area contributed by atoms with Gasteiger partial charge >= 0.3 is 0 Å². The molecule has 3 saturated carbocycles. The minimum absolute atomic E-state index is 0.0425. The maximum absolute atomic E-state index is 13.6. The minimum atomic E-state index is -0.721. The summed E-state index contributed by atoms with van der Waals surface area (Å²) in [7, 11) is 0. The molecule has 0 unspecified atom stereocenters. The fourth-order valence-corrected chi connectivity index (χ4v) is 6.65. The van der Waals surface area contributed by atoms with Gasteiger partial charge in [0.15, 0.2) is 5.82 Å². The fourth-order valence-electron chi connectivity index (χ4n) is 6.26. The summed E-state index contributed by atoms with van der Waals surface area (Å²) in [6.45, 7) is 8.79. The van der Waals surface area contributed by atoms with Crippen molar-refractivity contribution >= 4 is 27.5 Å². The number of nitrogens with zero attached hydrogens (tertiary/aromatic N) is 3. The lowest BCUT2D eigenvalue weighted by Crippen LogP contribution is -2.51. The van der Waals surface area contributed by atoms with E-state index in [9.17, 15) is 9.90 Å². The molecule has 3 fully saturated rings. The van der Waals surface area contributed by atoms with Crippen molar-refractivity contribution in [1.29, 1.82) is 0 Å². The van der Waals surface area contributed by atoms with Gasteiger partial charge in [0.25, 0.3) is 0 Å². The lowest BCUT2D eigenvalue weighted by Gasteiger charge is -2.43. The Hall–Kier alpha value is -1.73. The van der Waals surface area contributed by atoms with Gasteiger partial charge in [-0.15, -0.1) is 0 Å². The van der Waals surface area contributed by atoms with E-state index in [4.69, 9.17) is 9.51 Å². The number of amides is 1. The SMILES string of the molecule is CC1(O)CC(C(=O)N(CC23CCC(c4noc(C(C)(C)C)n4)(CC2)C3)c2cccc(Br)c2)C1. The topological polar surface area (TPSA) is 79.5 Å². The van der Waals surface area contributed by atoms with Crippen molar-refractivity contribution in [3.8, 4) is 0 Å². The van der Waals surface area contributed by atoms with Crippen molar-refractivity contribution in [1.82, 2.24) is 10.1 Å². The quantitative estimate of drug-likeness (QED) is 0.566. The zero-order chi connectivity index (χ0) is 23.6. The predicted molar refractivity (Wildman–Crippen MR) is 130 cm³/mol. The Kier molecular flexibility index (Phi) is 5.33. The first-order valence-electron chi connectivity index (χ1n) is 12.0. The third-order valence-electron chi connectivity index (χ3n) is 8.12. The van der Waals surface area contributed by atoms with Crippen LogP contribution in [0.5, 0.6) is 0 Å². The zero-order valence-electron chi connectivity index (χ0n) is 20.0. The summed E-state index contributed by atoms with van der Waals surface area (Å²) in [4.78, 5) is 20.4. The third kappa shape index (κ3) is 4.16. The van der Waals surface area contributed by atoms with E-state index in [0.29, 0.717) is 25.3 Å². The van der Waals surface area contributed by atoms with Crippen molar-refractivity contribution in [3.63, 3.8) is 0 Å². The standard InChI is InChI=1S/C26H34BrN3O3/c1-23(2,3)22-28-21(29-33-22)26-10-8-25(15-26,9-11-26)16-30(19-7-5-6-18(27)12-19)20(31)17-13-24(4,32)14-17/h5-7,12,17,32H,8-11,13-16H2,1-4H3. The molecule has 2 bridgehead atoms. The van der Waals surface area contributed by atoms with Gasteiger partial charge in [-0.25, -0.2) is 0 Å². The highest BCUT2D eigenvalue weighted by Gasteiger charge is 2.58. The van der Waals surface area contributed by atoms with Gasteiger partial charge in [-0.3, -0.25) is 4.79 Å². The van der Waals surface area contributed by atoms with E-state index in [1.54, 1.807) is 0 Å². The van der Waals surface area contributed by atoms with Gasteiger partial charge in [0, 0.05) is 33.5 Å². The first kappa shape index (κ1) is 23.0. The van der Waals surface area contributed by atoms with Crippen molar-refractivity contribution < 1.29 is 14.4 Å². The average Bonchev–Trinajstić information content (AvgIpc) is 3.43. The van der Waals surface area contributed by atoms with Crippen molar-refractivity contribution in [2.24, 2.45) is 11.3 Å². The maximum Gasteiger partial charge on any atom is 0.232 e. The Labute approximate surface area is 204 Å². The first-order valence-corrected chi connectivity index (χ1v) is 12.8. The lowest BCUT2D eigenvalue weighted by atomic mass is 9.71. The molecule has 1 N–H and O–H groups in total. The molecule has 1 aromatic carbocycles. The van der Waals surface area contributed by atoms with E-state index < -0.39 is 5.60 Å². The van der Waals surface area contributed by atoms with Crippen LogP contribution < -0.4 is 4.90 Å². The molecule has 0 atom stereocenters. The Morgan fingerprint density at radius 3 is 2.52 bits per heavy atom. The van der Waals surface area contributed by atoms with Crippen LogP contribution in [0.4, 0.5) is 5.69 Å². The molecule has 0 aliphatic heterocycles. The van der Waals surface area contributed by atoms with Crippen LogP contribution in [-0.2, 0) is 15.6 Å². The van der Waals surface area contributed by atoms with Crippen LogP contribution in [0.3, 0.4) is 0 Å². The summed E-state index contributed by atoms with van der Waals surface area (Å²) < 4.78 is 6.60. The van der Waals surface area contributed by atoms with Crippen LogP contribution in [0.2, 0.25) is 0 Å². The Bertz CT molecular complexity index is 1050. The number of hydrogen-bond donors (Lipinski definition) is 1. The number of anilines is 1. The molecule has 2 aromatic rings. The van der Waals surface area contributed by atoms with Crippen LogP contribution in [0.1, 0.15) is 84.4 Å². The molecule has 0 radical (unpaired) electrons. The number of fused-ring (bicyclic) bond motifs is 2. The van der Waals surface area contributed by atoms with Crippen LogP contribution in [-0.4, -0.2) is 33.3 Å². The fraction of sp³-hybridized carbons (Fsp3) is 0.654. The Balaban J connectivity index is 1.40. The smallest absolute Gasteiger partial charge is 0.232 e. The molecule has 0 saturated heterocycles. The van der Waals surface area contributed by atoms with Gasteiger partial charge in [-0.2, -0.15) is 4.98 Å². The molecule has 1 aromatic heterocycles. The summed E-state index contributed by atoms with van der Waals surface area (Å²) in [5.41, 5.74) is 0.0610. The van der Waals surface area contributed by atoms with Gasteiger partial charge in [-0.1, -0.05) is 47.9 Å². The number of aliphatic hydroxyl groups is 1. The number of rotatable bonds is 5. The molecule has 1 amide bonds. The summed E-state index contributed by atoms with van der Waals surface area (Å²) in [5.74, 6) is 1.56. The molecular formula is C26H34BrN3O3. The largest absolute Gasteiger partial charge is 0.390 e. The summed E-state index contributed by atoms with van der Waals surface area (Å²) in [6.07, 6.45) is 6.25. The normalized spacial score (nSPS) is 33.2. The van der Waals surface area contributed by atoms with Gasteiger partial charge in [0.05, 0.1) is 5.60 Å². The molecule has 3 aliphatic rings. The minimum Gasteiger partial charge on any atom is -0.390 e. The van der Waals surface area contributed by atoms with Gasteiger partial charge in [-0.05, 0) is 75.5 Å². The van der Waals surface area contributed by atoms with E-state index in [0.717, 1.165) is 48.1 Å². The second kappa shape index (κ2) is 7.64. The van der Waals surface area contributed by atoms with E-state index in [-0.39, 0.29) is 28.1 Å². The van der Waals surface area contributed by atoms with Gasteiger partial charge < -0.3 is 14.5 Å². The second-order valence-electron chi connectivity index (χ2n) is 12.1. The second-order valence-corrected chi connectivity index (χ2v) is 13.1. The van der Waals surface area contributed by atoms with E-state index in [1.165, 1.54) is 0 Å². The van der Waals surface area contributed by atoms with Crippen molar-refractivity contribution in [2.45, 2.75) is 89.1 Å². The summed E-state index contributed by atoms with van der Waals surface area (Å²) in [6, 6.07) is 8.01. The molecule has 6 nitrogen and oxygen atoms in total. The van der Waals surface area contributed by atoms with Crippen molar-refractivity contribution in [3.05, 3.63) is 40.5 Å². The molecule has 7 heteroatoms. The summed E-state index contributed by atoms with van der Waals surface area (Å²) in [5, 5.41) is 14.7. The number of benzene rings is 1. The highest BCUT2D eigenvalue weighted by molar-refractivity contribution is 9.10. The van der Waals surface area contributed by atoms with E-state index in [2.05, 4.69) is 41.9 Å². The van der Waals surface area contributed by atoms with E-state index >= 15 is 0 Å². The highest BCUT2D eigenvalue weighted by atomic mass is 79.9.